The third-order valence-electron chi connectivity index (χ3n) is 4.64. The van der Waals surface area contributed by atoms with Crippen molar-refractivity contribution in [1.82, 2.24) is 21.0 Å². The minimum absolute atomic E-state index is 0.158. The molecule has 0 bridgehead atoms. The molecule has 1 saturated carbocycles. The number of benzene rings is 1. The maximum atomic E-state index is 12.6. The van der Waals surface area contributed by atoms with Gasteiger partial charge >= 0.3 is 12.1 Å². The zero-order valence-corrected chi connectivity index (χ0v) is 16.9. The van der Waals surface area contributed by atoms with Gasteiger partial charge in [0.25, 0.3) is 0 Å². The molecule has 0 spiro atoms. The molecule has 0 unspecified atom stereocenters. The summed E-state index contributed by atoms with van der Waals surface area (Å²) in [7, 11) is 0. The first-order chi connectivity index (χ1) is 13.7. The van der Waals surface area contributed by atoms with Crippen LogP contribution in [0.2, 0.25) is 0 Å². The second kappa shape index (κ2) is 10.1. The van der Waals surface area contributed by atoms with Crippen molar-refractivity contribution in [3.8, 4) is 11.3 Å². The monoisotopic (exact) mass is 401 g/mol. The lowest BCUT2D eigenvalue weighted by Gasteiger charge is -2.25. The van der Waals surface area contributed by atoms with Gasteiger partial charge in [-0.1, -0.05) is 56.5 Å². The zero-order valence-electron chi connectivity index (χ0n) is 16.1. The summed E-state index contributed by atoms with van der Waals surface area (Å²) in [5.74, 6) is 0. The van der Waals surface area contributed by atoms with Crippen LogP contribution in [-0.2, 0) is 0 Å². The van der Waals surface area contributed by atoms with Crippen molar-refractivity contribution in [3.05, 3.63) is 35.7 Å². The van der Waals surface area contributed by atoms with E-state index in [4.69, 9.17) is 0 Å². The van der Waals surface area contributed by atoms with Gasteiger partial charge in [-0.25, -0.2) is 20.0 Å². The highest BCUT2D eigenvalue weighted by Crippen LogP contribution is 2.26. The lowest BCUT2D eigenvalue weighted by Crippen LogP contribution is -2.55. The summed E-state index contributed by atoms with van der Waals surface area (Å²) >= 11 is 1.31. The number of hydrogen-bond acceptors (Lipinski definition) is 4. The molecule has 3 N–H and O–H groups in total. The largest absolute Gasteiger partial charge is 0.343 e. The number of nitrogens with zero attached hydrogens (tertiary/aromatic N) is 2. The maximum absolute atomic E-state index is 12.6. The van der Waals surface area contributed by atoms with Gasteiger partial charge in [0.15, 0.2) is 0 Å². The van der Waals surface area contributed by atoms with Gasteiger partial charge in [-0.05, 0) is 19.3 Å². The van der Waals surface area contributed by atoms with Crippen molar-refractivity contribution in [2.45, 2.75) is 51.5 Å². The molecule has 7 nitrogen and oxygen atoms in total. The Hall–Kier alpha value is -2.61. The third kappa shape index (κ3) is 5.45. The van der Waals surface area contributed by atoms with Gasteiger partial charge < -0.3 is 10.6 Å². The number of hydrazine groups is 1. The Morgan fingerprint density at radius 1 is 1.18 bits per heavy atom. The molecule has 1 aliphatic rings. The van der Waals surface area contributed by atoms with Crippen LogP contribution in [-0.4, -0.2) is 29.6 Å². The number of hydrogen-bond donors (Lipinski definition) is 3. The number of aromatic nitrogens is 1. The molecule has 3 rings (SSSR count). The highest BCUT2D eigenvalue weighted by Gasteiger charge is 2.23. The summed E-state index contributed by atoms with van der Waals surface area (Å²) in [5, 5.41) is 9.28. The van der Waals surface area contributed by atoms with E-state index in [0.29, 0.717) is 11.7 Å². The van der Waals surface area contributed by atoms with Gasteiger partial charge in [-0.15, -0.1) is 11.3 Å². The molecule has 1 aromatic carbocycles. The fraction of sp³-hybridized carbons (Fsp3) is 0.450. The molecule has 2 aromatic rings. The fourth-order valence-electron chi connectivity index (χ4n) is 3.17. The molecule has 0 aliphatic heterocycles. The van der Waals surface area contributed by atoms with Crippen molar-refractivity contribution >= 4 is 28.5 Å². The van der Waals surface area contributed by atoms with Crippen molar-refractivity contribution in [2.75, 3.05) is 11.6 Å². The van der Waals surface area contributed by atoms with Gasteiger partial charge in [-0.3, -0.25) is 0 Å². The summed E-state index contributed by atoms with van der Waals surface area (Å²) in [5.41, 5.74) is 4.40. The molecule has 4 amide bonds. The van der Waals surface area contributed by atoms with Gasteiger partial charge in [0.05, 0.1) is 5.69 Å². The van der Waals surface area contributed by atoms with Crippen LogP contribution in [0.25, 0.3) is 11.3 Å². The lowest BCUT2D eigenvalue weighted by molar-refractivity contribution is 0.225. The van der Waals surface area contributed by atoms with Crippen LogP contribution in [0.4, 0.5) is 14.7 Å². The quantitative estimate of drug-likeness (QED) is 0.654. The van der Waals surface area contributed by atoms with E-state index in [9.17, 15) is 9.59 Å². The Morgan fingerprint density at radius 3 is 2.64 bits per heavy atom. The first-order valence-electron chi connectivity index (χ1n) is 9.83. The van der Waals surface area contributed by atoms with E-state index in [1.165, 1.54) is 22.8 Å². The van der Waals surface area contributed by atoms with Crippen LogP contribution in [0.15, 0.2) is 35.7 Å². The number of thiazole rings is 1. The zero-order chi connectivity index (χ0) is 19.8. The van der Waals surface area contributed by atoms with Gasteiger partial charge in [0.1, 0.15) is 0 Å². The van der Waals surface area contributed by atoms with Crippen LogP contribution >= 0.6 is 11.3 Å². The number of carbonyl (C=O) groups is 2. The van der Waals surface area contributed by atoms with E-state index < -0.39 is 6.03 Å². The average molecular weight is 402 g/mol. The Morgan fingerprint density at radius 2 is 1.93 bits per heavy atom. The van der Waals surface area contributed by atoms with Crippen LogP contribution < -0.4 is 21.1 Å². The van der Waals surface area contributed by atoms with E-state index in [1.54, 1.807) is 0 Å². The second-order valence-electron chi connectivity index (χ2n) is 6.87. The SMILES string of the molecule is CCCNC(=O)N(NC(=O)NC1CCCCC1)c1nc(-c2ccccc2)cs1. The Bertz CT molecular complexity index is 774. The number of carbonyl (C=O) groups excluding carboxylic acids is 2. The highest BCUT2D eigenvalue weighted by molar-refractivity contribution is 7.14. The molecule has 0 radical (unpaired) electrons. The van der Waals surface area contributed by atoms with Gasteiger partial charge in [0.2, 0.25) is 5.13 Å². The topological polar surface area (TPSA) is 86.4 Å². The standard InChI is InChI=1S/C20H27N5O2S/c1-2-13-21-19(27)25(24-18(26)22-16-11-7-4-8-12-16)20-23-17(14-28-20)15-9-5-3-6-10-15/h3,5-6,9-10,14,16H,2,4,7-8,11-13H2,1H3,(H,21,27)(H2,22,24,26). The van der Waals surface area contributed by atoms with Crippen LogP contribution in [0, 0.1) is 0 Å². The molecular formula is C20H27N5O2S. The molecule has 1 aromatic heterocycles. The third-order valence-corrected chi connectivity index (χ3v) is 5.46. The Kier molecular flexibility index (Phi) is 7.25. The molecule has 150 valence electrons. The number of amides is 4. The van der Waals surface area contributed by atoms with Gasteiger partial charge in [-0.2, -0.15) is 5.01 Å². The molecule has 8 heteroatoms. The molecule has 1 aliphatic carbocycles. The summed E-state index contributed by atoms with van der Waals surface area (Å²) in [6.45, 7) is 2.50. The molecular weight excluding hydrogens is 374 g/mol. The van der Waals surface area contributed by atoms with Gasteiger partial charge in [0, 0.05) is 23.5 Å². The summed E-state index contributed by atoms with van der Waals surface area (Å²) in [6.07, 6.45) is 6.22. The molecule has 0 atom stereocenters. The van der Waals surface area contributed by atoms with Crippen LogP contribution in [0.3, 0.4) is 0 Å². The number of rotatable bonds is 5. The predicted molar refractivity (Wildman–Crippen MR) is 112 cm³/mol. The van der Waals surface area contributed by atoms with E-state index in [1.807, 2.05) is 42.6 Å². The number of anilines is 1. The average Bonchev–Trinajstić information content (AvgIpc) is 3.21. The highest BCUT2D eigenvalue weighted by atomic mass is 32.1. The van der Waals surface area contributed by atoms with E-state index >= 15 is 0 Å². The molecule has 0 saturated heterocycles. The molecule has 1 heterocycles. The van der Waals surface area contributed by atoms with E-state index in [0.717, 1.165) is 43.4 Å². The van der Waals surface area contributed by atoms with Crippen LogP contribution in [0.5, 0.6) is 0 Å². The van der Waals surface area contributed by atoms with Crippen LogP contribution in [0.1, 0.15) is 45.4 Å². The smallest absolute Gasteiger partial charge is 0.336 e. The van der Waals surface area contributed by atoms with Crippen molar-refractivity contribution in [2.24, 2.45) is 0 Å². The first-order valence-corrected chi connectivity index (χ1v) is 10.7. The van der Waals surface area contributed by atoms with E-state index in [-0.39, 0.29) is 12.1 Å². The summed E-state index contributed by atoms with van der Waals surface area (Å²) in [6, 6.07) is 9.13. The lowest BCUT2D eigenvalue weighted by atomic mass is 9.96. The Labute approximate surface area is 169 Å². The summed E-state index contributed by atoms with van der Waals surface area (Å²) in [4.78, 5) is 29.6. The van der Waals surface area contributed by atoms with Crippen molar-refractivity contribution < 1.29 is 9.59 Å². The number of nitrogens with one attached hydrogen (secondary N) is 3. The minimum atomic E-state index is -0.394. The van der Waals surface area contributed by atoms with E-state index in [2.05, 4.69) is 21.0 Å². The first kappa shape index (κ1) is 20.1. The predicted octanol–water partition coefficient (Wildman–Crippen LogP) is 4.28. The van der Waals surface area contributed by atoms with Crippen molar-refractivity contribution in [1.29, 1.82) is 0 Å². The van der Waals surface area contributed by atoms with Crippen molar-refractivity contribution in [3.63, 3.8) is 0 Å². The number of urea groups is 2. The Balaban J connectivity index is 1.72. The minimum Gasteiger partial charge on any atom is -0.336 e. The maximum Gasteiger partial charge on any atom is 0.343 e. The summed E-state index contributed by atoms with van der Waals surface area (Å²) < 4.78 is 0. The molecule has 28 heavy (non-hydrogen) atoms. The molecule has 1 fully saturated rings. The normalized spacial score (nSPS) is 14.3. The second-order valence-corrected chi connectivity index (χ2v) is 7.71. The fourth-order valence-corrected chi connectivity index (χ4v) is 3.96.